The van der Waals surface area contributed by atoms with E-state index in [1.54, 1.807) is 0 Å². The van der Waals surface area contributed by atoms with Crippen LogP contribution >= 0.6 is 0 Å². The van der Waals surface area contributed by atoms with Gasteiger partial charge < -0.3 is 10.5 Å². The normalized spacial score (nSPS) is 11.6. The van der Waals surface area contributed by atoms with Crippen molar-refractivity contribution in [3.63, 3.8) is 0 Å². The summed E-state index contributed by atoms with van der Waals surface area (Å²) in [5, 5.41) is 7.29. The summed E-state index contributed by atoms with van der Waals surface area (Å²) in [4.78, 5) is 0. The molecule has 1 heterocycles. The number of nitrogens with zero attached hydrogens (tertiary/aromatic N) is 1. The number of ether oxygens (including phenoxy) is 1. The average molecular weight is 259 g/mol. The monoisotopic (exact) mass is 259 g/mol. The van der Waals surface area contributed by atoms with E-state index in [0.717, 1.165) is 28.3 Å². The maximum Gasteiger partial charge on any atom is 0.120 e. The molecule has 0 bridgehead atoms. The largest absolute Gasteiger partial charge is 0.488 e. The van der Waals surface area contributed by atoms with Crippen LogP contribution in [0.15, 0.2) is 24.3 Å². The van der Waals surface area contributed by atoms with E-state index in [1.165, 1.54) is 0 Å². The molecule has 1 aromatic carbocycles. The lowest BCUT2D eigenvalue weighted by atomic mass is 10.1. The van der Waals surface area contributed by atoms with Crippen LogP contribution in [0.5, 0.6) is 5.75 Å². The van der Waals surface area contributed by atoms with E-state index in [2.05, 4.69) is 10.2 Å². The summed E-state index contributed by atoms with van der Waals surface area (Å²) in [5.41, 5.74) is 9.62. The van der Waals surface area contributed by atoms with Crippen molar-refractivity contribution in [2.45, 2.75) is 39.8 Å². The lowest BCUT2D eigenvalue weighted by Crippen LogP contribution is -2.22. The molecule has 0 fully saturated rings. The fourth-order valence-electron chi connectivity index (χ4n) is 1.98. The highest BCUT2D eigenvalue weighted by atomic mass is 16.5. The number of aromatic nitrogens is 2. The van der Waals surface area contributed by atoms with Crippen LogP contribution in [0.3, 0.4) is 0 Å². The summed E-state index contributed by atoms with van der Waals surface area (Å²) >= 11 is 0. The predicted octanol–water partition coefficient (Wildman–Crippen LogP) is 3.02. The number of nitrogens with two attached hydrogens (primary N) is 1. The third-order valence-electron chi connectivity index (χ3n) is 2.83. The predicted molar refractivity (Wildman–Crippen MR) is 77.0 cm³/mol. The van der Waals surface area contributed by atoms with Gasteiger partial charge in [-0.3, -0.25) is 5.10 Å². The average Bonchev–Trinajstić information content (AvgIpc) is 2.69. The Morgan fingerprint density at radius 3 is 2.37 bits per heavy atom. The molecule has 2 rings (SSSR count). The van der Waals surface area contributed by atoms with E-state index in [0.29, 0.717) is 6.54 Å². The molecule has 1 aromatic heterocycles. The smallest absolute Gasteiger partial charge is 0.120 e. The van der Waals surface area contributed by atoms with Crippen LogP contribution in [0.1, 0.15) is 32.0 Å². The second-order valence-corrected chi connectivity index (χ2v) is 5.62. The van der Waals surface area contributed by atoms with Crippen molar-refractivity contribution < 1.29 is 4.74 Å². The molecule has 0 radical (unpaired) electrons. The molecule has 2 aromatic rings. The van der Waals surface area contributed by atoms with Gasteiger partial charge in [0.15, 0.2) is 0 Å². The number of benzene rings is 1. The van der Waals surface area contributed by atoms with Gasteiger partial charge in [0.2, 0.25) is 0 Å². The Labute approximate surface area is 114 Å². The minimum absolute atomic E-state index is 0.188. The summed E-state index contributed by atoms with van der Waals surface area (Å²) in [5.74, 6) is 0.859. The number of rotatable bonds is 3. The number of hydrogen-bond acceptors (Lipinski definition) is 3. The molecule has 0 atom stereocenters. The van der Waals surface area contributed by atoms with Crippen LogP contribution in [0.4, 0.5) is 0 Å². The maximum atomic E-state index is 5.80. The first-order valence-electron chi connectivity index (χ1n) is 6.44. The Morgan fingerprint density at radius 1 is 1.21 bits per heavy atom. The number of H-pyrrole nitrogens is 1. The molecule has 0 saturated carbocycles. The van der Waals surface area contributed by atoms with Gasteiger partial charge >= 0.3 is 0 Å². The summed E-state index contributed by atoms with van der Waals surface area (Å²) in [6, 6.07) is 7.95. The molecule has 0 aliphatic carbocycles. The lowest BCUT2D eigenvalue weighted by Gasteiger charge is -2.21. The van der Waals surface area contributed by atoms with Crippen molar-refractivity contribution in [3.05, 3.63) is 35.5 Å². The molecule has 0 spiro atoms. The third kappa shape index (κ3) is 3.15. The van der Waals surface area contributed by atoms with Crippen LogP contribution in [0, 0.1) is 6.92 Å². The lowest BCUT2D eigenvalue weighted by molar-refractivity contribution is 0.131. The zero-order valence-electron chi connectivity index (χ0n) is 11.9. The molecular formula is C15H21N3O. The molecule has 0 saturated heterocycles. The van der Waals surface area contributed by atoms with E-state index in [-0.39, 0.29) is 5.60 Å². The summed E-state index contributed by atoms with van der Waals surface area (Å²) in [7, 11) is 0. The second kappa shape index (κ2) is 5.05. The van der Waals surface area contributed by atoms with Crippen molar-refractivity contribution in [2.75, 3.05) is 0 Å². The molecule has 102 valence electrons. The highest BCUT2D eigenvalue weighted by Gasteiger charge is 2.13. The van der Waals surface area contributed by atoms with Gasteiger partial charge in [-0.15, -0.1) is 0 Å². The van der Waals surface area contributed by atoms with E-state index < -0.39 is 0 Å². The number of aryl methyl sites for hydroxylation is 1. The molecule has 4 heteroatoms. The van der Waals surface area contributed by atoms with Crippen molar-refractivity contribution in [1.82, 2.24) is 10.2 Å². The van der Waals surface area contributed by atoms with Crippen LogP contribution in [-0.2, 0) is 6.54 Å². The second-order valence-electron chi connectivity index (χ2n) is 5.62. The first kappa shape index (κ1) is 13.6. The fourth-order valence-corrected chi connectivity index (χ4v) is 1.98. The third-order valence-corrected chi connectivity index (χ3v) is 2.83. The standard InChI is InChI=1S/C15H21N3O/c1-10-13(9-16)14(18-17-10)11-5-7-12(8-6-11)19-15(2,3)4/h5-8H,9,16H2,1-4H3,(H,17,18). The summed E-state index contributed by atoms with van der Waals surface area (Å²) in [6.07, 6.45) is 0. The van der Waals surface area contributed by atoms with E-state index >= 15 is 0 Å². The minimum Gasteiger partial charge on any atom is -0.488 e. The molecule has 0 aliphatic rings. The highest BCUT2D eigenvalue weighted by Crippen LogP contribution is 2.26. The van der Waals surface area contributed by atoms with Crippen molar-refractivity contribution in [1.29, 1.82) is 0 Å². The fraction of sp³-hybridized carbons (Fsp3) is 0.400. The van der Waals surface area contributed by atoms with Gasteiger partial charge in [0, 0.05) is 23.4 Å². The SMILES string of the molecule is Cc1[nH]nc(-c2ccc(OC(C)(C)C)cc2)c1CN. The molecular weight excluding hydrogens is 238 g/mol. The van der Waals surface area contributed by atoms with Crippen LogP contribution in [-0.4, -0.2) is 15.8 Å². The van der Waals surface area contributed by atoms with Crippen LogP contribution in [0.2, 0.25) is 0 Å². The highest BCUT2D eigenvalue weighted by molar-refractivity contribution is 5.64. The minimum atomic E-state index is -0.188. The molecule has 0 amide bonds. The summed E-state index contributed by atoms with van der Waals surface area (Å²) in [6.45, 7) is 8.56. The molecule has 19 heavy (non-hydrogen) atoms. The Morgan fingerprint density at radius 2 is 1.84 bits per heavy atom. The van der Waals surface area contributed by atoms with Gasteiger partial charge in [-0.1, -0.05) is 0 Å². The quantitative estimate of drug-likeness (QED) is 0.890. The van der Waals surface area contributed by atoms with Crippen molar-refractivity contribution in [3.8, 4) is 17.0 Å². The molecule has 3 N–H and O–H groups in total. The number of hydrogen-bond donors (Lipinski definition) is 2. The molecule has 0 unspecified atom stereocenters. The first-order valence-corrected chi connectivity index (χ1v) is 6.44. The number of aromatic amines is 1. The summed E-state index contributed by atoms with van der Waals surface area (Å²) < 4.78 is 5.80. The molecule has 0 aliphatic heterocycles. The van der Waals surface area contributed by atoms with E-state index in [4.69, 9.17) is 10.5 Å². The van der Waals surface area contributed by atoms with Gasteiger partial charge in [-0.2, -0.15) is 5.10 Å². The van der Waals surface area contributed by atoms with Gasteiger partial charge in [-0.25, -0.2) is 0 Å². The number of nitrogens with one attached hydrogen (secondary N) is 1. The van der Waals surface area contributed by atoms with E-state index in [9.17, 15) is 0 Å². The Balaban J connectivity index is 2.27. The maximum absolute atomic E-state index is 5.80. The Kier molecular flexibility index (Phi) is 3.62. The Bertz CT molecular complexity index is 550. The van der Waals surface area contributed by atoms with Crippen molar-refractivity contribution in [2.24, 2.45) is 5.73 Å². The van der Waals surface area contributed by atoms with Crippen molar-refractivity contribution >= 4 is 0 Å². The van der Waals surface area contributed by atoms with Crippen LogP contribution in [0.25, 0.3) is 11.3 Å². The topological polar surface area (TPSA) is 63.9 Å². The zero-order valence-corrected chi connectivity index (χ0v) is 11.9. The zero-order chi connectivity index (χ0) is 14.0. The van der Waals surface area contributed by atoms with Gasteiger partial charge in [0.05, 0.1) is 5.69 Å². The van der Waals surface area contributed by atoms with Crippen LogP contribution < -0.4 is 10.5 Å². The Hall–Kier alpha value is -1.81. The molecule has 4 nitrogen and oxygen atoms in total. The van der Waals surface area contributed by atoms with Gasteiger partial charge in [0.25, 0.3) is 0 Å². The van der Waals surface area contributed by atoms with E-state index in [1.807, 2.05) is 52.0 Å². The van der Waals surface area contributed by atoms with Gasteiger partial charge in [0.1, 0.15) is 11.4 Å². The van der Waals surface area contributed by atoms with Gasteiger partial charge in [-0.05, 0) is 52.0 Å². The first-order chi connectivity index (χ1) is 8.90.